The Balaban J connectivity index is 2.72. The van der Waals surface area contributed by atoms with Gasteiger partial charge in [-0.2, -0.15) is 0 Å². The molecule has 0 aliphatic rings. The van der Waals surface area contributed by atoms with Crippen LogP contribution in [0.1, 0.15) is 13.8 Å². The highest BCUT2D eigenvalue weighted by Gasteiger charge is 2.12. The van der Waals surface area contributed by atoms with Gasteiger partial charge in [0, 0.05) is 23.7 Å². The summed E-state index contributed by atoms with van der Waals surface area (Å²) in [6.45, 7) is 4.07. The third-order valence-corrected chi connectivity index (χ3v) is 3.81. The fourth-order valence-corrected chi connectivity index (χ4v) is 2.18. The zero-order chi connectivity index (χ0) is 13.5. The molecule has 4 nitrogen and oxygen atoms in total. The van der Waals surface area contributed by atoms with E-state index in [1.165, 1.54) is 11.8 Å². The lowest BCUT2D eigenvalue weighted by Crippen LogP contribution is -2.29. The molecule has 100 valence electrons. The molecule has 0 saturated heterocycles. The highest BCUT2D eigenvalue weighted by atomic mass is 32.2. The van der Waals surface area contributed by atoms with Crippen molar-refractivity contribution in [2.24, 2.45) is 5.73 Å². The maximum Gasteiger partial charge on any atom is 0.227 e. The van der Waals surface area contributed by atoms with E-state index >= 15 is 0 Å². The average Bonchev–Trinajstić information content (AvgIpc) is 2.36. The van der Waals surface area contributed by atoms with Crippen molar-refractivity contribution in [2.75, 3.05) is 18.2 Å². The SMILES string of the molecule is COC(C)C(C)Nc1ccccc1SCC(N)=O. The summed E-state index contributed by atoms with van der Waals surface area (Å²) >= 11 is 1.44. The van der Waals surface area contributed by atoms with Gasteiger partial charge in [0.2, 0.25) is 5.91 Å². The Morgan fingerprint density at radius 1 is 1.44 bits per heavy atom. The zero-order valence-electron chi connectivity index (χ0n) is 11.0. The van der Waals surface area contributed by atoms with Gasteiger partial charge in [0.25, 0.3) is 0 Å². The first kappa shape index (κ1) is 14.9. The summed E-state index contributed by atoms with van der Waals surface area (Å²) in [7, 11) is 1.69. The Morgan fingerprint density at radius 3 is 2.72 bits per heavy atom. The number of nitrogens with two attached hydrogens (primary N) is 1. The van der Waals surface area contributed by atoms with E-state index in [1.807, 2.05) is 31.2 Å². The summed E-state index contributed by atoms with van der Waals surface area (Å²) in [4.78, 5) is 11.8. The number of benzene rings is 1. The minimum absolute atomic E-state index is 0.110. The lowest BCUT2D eigenvalue weighted by atomic mass is 10.2. The van der Waals surface area contributed by atoms with E-state index in [0.29, 0.717) is 0 Å². The standard InChI is InChI=1S/C13H20N2O2S/c1-9(10(2)17-3)15-11-6-4-5-7-12(11)18-8-13(14)16/h4-7,9-10,15H,8H2,1-3H3,(H2,14,16). The molecule has 5 heteroatoms. The Bertz CT molecular complexity index is 398. The quantitative estimate of drug-likeness (QED) is 0.743. The molecular formula is C13H20N2O2S. The zero-order valence-corrected chi connectivity index (χ0v) is 11.8. The molecule has 2 atom stereocenters. The highest BCUT2D eigenvalue weighted by molar-refractivity contribution is 8.00. The molecule has 0 aliphatic carbocycles. The van der Waals surface area contributed by atoms with Crippen molar-refractivity contribution < 1.29 is 9.53 Å². The number of ether oxygens (including phenoxy) is 1. The first-order valence-corrected chi connectivity index (χ1v) is 6.82. The van der Waals surface area contributed by atoms with Crippen molar-refractivity contribution in [1.82, 2.24) is 0 Å². The van der Waals surface area contributed by atoms with Gasteiger partial charge >= 0.3 is 0 Å². The van der Waals surface area contributed by atoms with E-state index in [4.69, 9.17) is 10.5 Å². The van der Waals surface area contributed by atoms with Gasteiger partial charge in [-0.15, -0.1) is 11.8 Å². The summed E-state index contributed by atoms with van der Waals surface area (Å²) in [6, 6.07) is 8.05. The van der Waals surface area contributed by atoms with Gasteiger partial charge in [0.1, 0.15) is 0 Å². The molecule has 0 heterocycles. The van der Waals surface area contributed by atoms with Crippen LogP contribution >= 0.6 is 11.8 Å². The molecule has 18 heavy (non-hydrogen) atoms. The van der Waals surface area contributed by atoms with Crippen LogP contribution in [-0.2, 0) is 9.53 Å². The normalized spacial score (nSPS) is 13.9. The molecule has 0 saturated carbocycles. The van der Waals surface area contributed by atoms with Crippen molar-refractivity contribution in [3.05, 3.63) is 24.3 Å². The maximum atomic E-state index is 10.8. The number of carbonyl (C=O) groups is 1. The van der Waals surface area contributed by atoms with Gasteiger partial charge in [-0.1, -0.05) is 12.1 Å². The maximum absolute atomic E-state index is 10.8. The number of hydrogen-bond acceptors (Lipinski definition) is 4. The van der Waals surface area contributed by atoms with Crippen LogP contribution in [0.25, 0.3) is 0 Å². The molecule has 0 aromatic heterocycles. The van der Waals surface area contributed by atoms with Crippen molar-refractivity contribution in [1.29, 1.82) is 0 Å². The number of thioether (sulfide) groups is 1. The minimum Gasteiger partial charge on any atom is -0.380 e. The van der Waals surface area contributed by atoms with Crippen LogP contribution < -0.4 is 11.1 Å². The number of primary amides is 1. The minimum atomic E-state index is -0.312. The van der Waals surface area contributed by atoms with Gasteiger partial charge in [-0.25, -0.2) is 0 Å². The average molecular weight is 268 g/mol. The van der Waals surface area contributed by atoms with Crippen molar-refractivity contribution >= 4 is 23.4 Å². The van der Waals surface area contributed by atoms with E-state index in [-0.39, 0.29) is 23.8 Å². The summed E-state index contributed by atoms with van der Waals surface area (Å²) in [5.41, 5.74) is 6.16. The number of anilines is 1. The van der Waals surface area contributed by atoms with E-state index in [2.05, 4.69) is 12.2 Å². The lowest BCUT2D eigenvalue weighted by molar-refractivity contribution is -0.115. The summed E-state index contributed by atoms with van der Waals surface area (Å²) in [5, 5.41) is 3.39. The molecular weight excluding hydrogens is 248 g/mol. The van der Waals surface area contributed by atoms with Crippen LogP contribution in [0.5, 0.6) is 0 Å². The molecule has 1 rings (SSSR count). The lowest BCUT2D eigenvalue weighted by Gasteiger charge is -2.22. The number of methoxy groups -OCH3 is 1. The highest BCUT2D eigenvalue weighted by Crippen LogP contribution is 2.27. The van der Waals surface area contributed by atoms with E-state index in [1.54, 1.807) is 7.11 Å². The van der Waals surface area contributed by atoms with Crippen molar-refractivity contribution in [3.63, 3.8) is 0 Å². The summed E-state index contributed by atoms with van der Waals surface area (Å²) in [6.07, 6.45) is 0.110. The van der Waals surface area contributed by atoms with Crippen molar-refractivity contribution in [2.45, 2.75) is 30.9 Å². The summed E-state index contributed by atoms with van der Waals surface area (Å²) in [5.74, 6) is -0.0273. The van der Waals surface area contributed by atoms with E-state index < -0.39 is 0 Å². The van der Waals surface area contributed by atoms with Gasteiger partial charge in [-0.05, 0) is 26.0 Å². The molecule has 0 fully saturated rings. The number of hydrogen-bond donors (Lipinski definition) is 2. The Labute approximate surface area is 112 Å². The molecule has 1 aromatic rings. The van der Waals surface area contributed by atoms with Gasteiger partial charge in [0.15, 0.2) is 0 Å². The number of nitrogens with one attached hydrogen (secondary N) is 1. The topological polar surface area (TPSA) is 64.3 Å². The Hall–Kier alpha value is -1.20. The predicted octanol–water partition coefficient (Wildman–Crippen LogP) is 2.10. The molecule has 0 aliphatic heterocycles. The van der Waals surface area contributed by atoms with Crippen LogP contribution in [-0.4, -0.2) is 30.9 Å². The molecule has 3 N–H and O–H groups in total. The molecule has 0 radical (unpaired) electrons. The van der Waals surface area contributed by atoms with Crippen molar-refractivity contribution in [3.8, 4) is 0 Å². The second kappa shape index (κ2) is 7.28. The second-order valence-corrected chi connectivity index (χ2v) is 5.14. The van der Waals surface area contributed by atoms with Gasteiger partial charge in [-0.3, -0.25) is 4.79 Å². The number of amides is 1. The number of para-hydroxylation sites is 1. The third kappa shape index (κ3) is 4.58. The molecule has 1 aromatic carbocycles. The number of rotatable bonds is 7. The largest absolute Gasteiger partial charge is 0.380 e. The molecule has 0 bridgehead atoms. The predicted molar refractivity (Wildman–Crippen MR) is 75.9 cm³/mol. The molecule has 2 unspecified atom stereocenters. The fourth-order valence-electron chi connectivity index (χ4n) is 1.43. The Kier molecular flexibility index (Phi) is 6.01. The molecule has 0 spiro atoms. The van der Waals surface area contributed by atoms with Crippen LogP contribution in [0, 0.1) is 0 Å². The first-order chi connectivity index (χ1) is 8.54. The third-order valence-electron chi connectivity index (χ3n) is 2.72. The Morgan fingerprint density at radius 2 is 2.11 bits per heavy atom. The van der Waals surface area contributed by atoms with Crippen LogP contribution in [0.2, 0.25) is 0 Å². The van der Waals surface area contributed by atoms with Crippen LogP contribution in [0.15, 0.2) is 29.2 Å². The van der Waals surface area contributed by atoms with Gasteiger partial charge in [0.05, 0.1) is 11.9 Å². The fraction of sp³-hybridized carbons (Fsp3) is 0.462. The second-order valence-electron chi connectivity index (χ2n) is 4.12. The monoisotopic (exact) mass is 268 g/mol. The van der Waals surface area contributed by atoms with Gasteiger partial charge < -0.3 is 15.8 Å². The summed E-state index contributed by atoms with van der Waals surface area (Å²) < 4.78 is 5.28. The first-order valence-electron chi connectivity index (χ1n) is 5.84. The van der Waals surface area contributed by atoms with E-state index in [9.17, 15) is 4.79 Å². The van der Waals surface area contributed by atoms with Crippen LogP contribution in [0.3, 0.4) is 0 Å². The number of carbonyl (C=O) groups excluding carboxylic acids is 1. The molecule has 1 amide bonds. The smallest absolute Gasteiger partial charge is 0.227 e. The van der Waals surface area contributed by atoms with Crippen LogP contribution in [0.4, 0.5) is 5.69 Å². The van der Waals surface area contributed by atoms with E-state index in [0.717, 1.165) is 10.6 Å².